The number of hydrazine groups is 1. The fourth-order valence-corrected chi connectivity index (χ4v) is 2.18. The summed E-state index contributed by atoms with van der Waals surface area (Å²) in [5, 5.41) is 10.9. The van der Waals surface area contributed by atoms with Crippen LogP contribution in [-0.2, 0) is 0 Å². The molecule has 0 spiro atoms. The van der Waals surface area contributed by atoms with Gasteiger partial charge in [0.15, 0.2) is 0 Å². The molecule has 116 valence electrons. The smallest absolute Gasteiger partial charge is 0.270 e. The average Bonchev–Trinajstić information content (AvgIpc) is 2.44. The van der Waals surface area contributed by atoms with Crippen LogP contribution in [0.1, 0.15) is 37.6 Å². The van der Waals surface area contributed by atoms with E-state index in [2.05, 4.69) is 19.3 Å². The summed E-state index contributed by atoms with van der Waals surface area (Å²) in [6, 6.07) is 4.02. The zero-order chi connectivity index (χ0) is 16.2. The fraction of sp³-hybridized carbons (Fsp3) is 0.500. The number of nitrogens with one attached hydrogen (secondary N) is 1. The van der Waals surface area contributed by atoms with Crippen molar-refractivity contribution in [2.45, 2.75) is 33.2 Å². The number of carbonyl (C=O) groups excluding carboxylic acids is 1. The zero-order valence-electron chi connectivity index (χ0n) is 12.8. The van der Waals surface area contributed by atoms with E-state index in [4.69, 9.17) is 5.84 Å². The van der Waals surface area contributed by atoms with Gasteiger partial charge in [0.2, 0.25) is 0 Å². The summed E-state index contributed by atoms with van der Waals surface area (Å²) >= 11 is 0. The Hall–Kier alpha value is -2.15. The molecule has 1 rings (SSSR count). The van der Waals surface area contributed by atoms with Gasteiger partial charge in [-0.25, -0.2) is 0 Å². The molecule has 0 fully saturated rings. The number of nitro groups is 1. The van der Waals surface area contributed by atoms with Gasteiger partial charge in [0.25, 0.3) is 11.6 Å². The molecular formula is C14H22N4O3. The highest BCUT2D eigenvalue weighted by Gasteiger charge is 2.23. The molecule has 0 aliphatic heterocycles. The van der Waals surface area contributed by atoms with Gasteiger partial charge < -0.3 is 10.3 Å². The molecule has 0 saturated carbocycles. The Morgan fingerprint density at radius 1 is 1.43 bits per heavy atom. The Balaban J connectivity index is 3.09. The van der Waals surface area contributed by atoms with Crippen LogP contribution >= 0.6 is 0 Å². The molecule has 1 aromatic carbocycles. The van der Waals surface area contributed by atoms with Crippen LogP contribution in [0.4, 0.5) is 11.4 Å². The lowest BCUT2D eigenvalue weighted by atomic mass is 10.0. The van der Waals surface area contributed by atoms with Crippen molar-refractivity contribution in [3.05, 3.63) is 33.9 Å². The quantitative estimate of drug-likeness (QED) is 0.476. The minimum atomic E-state index is -0.533. The number of hydrogen-bond donors (Lipinski definition) is 2. The van der Waals surface area contributed by atoms with Crippen molar-refractivity contribution < 1.29 is 9.72 Å². The van der Waals surface area contributed by atoms with Gasteiger partial charge in [-0.15, -0.1) is 0 Å². The highest BCUT2D eigenvalue weighted by molar-refractivity contribution is 6.00. The third kappa shape index (κ3) is 4.16. The number of benzene rings is 1. The third-order valence-corrected chi connectivity index (χ3v) is 3.39. The molecule has 1 atom stereocenters. The van der Waals surface area contributed by atoms with E-state index in [1.807, 2.05) is 6.92 Å². The van der Waals surface area contributed by atoms with E-state index in [0.717, 1.165) is 6.42 Å². The van der Waals surface area contributed by atoms with Crippen molar-refractivity contribution in [3.63, 3.8) is 0 Å². The summed E-state index contributed by atoms with van der Waals surface area (Å²) in [6.07, 6.45) is 0.850. The number of hydrogen-bond acceptors (Lipinski definition) is 5. The zero-order valence-corrected chi connectivity index (χ0v) is 12.8. The number of carbonyl (C=O) groups is 1. The molecule has 7 heteroatoms. The van der Waals surface area contributed by atoms with Crippen LogP contribution in [0.3, 0.4) is 0 Å². The van der Waals surface area contributed by atoms with Gasteiger partial charge in [0.1, 0.15) is 0 Å². The molecule has 0 aromatic heterocycles. The fourth-order valence-electron chi connectivity index (χ4n) is 2.18. The maximum Gasteiger partial charge on any atom is 0.270 e. The van der Waals surface area contributed by atoms with Crippen LogP contribution in [0.15, 0.2) is 18.2 Å². The first-order chi connectivity index (χ1) is 9.77. The molecular weight excluding hydrogens is 272 g/mol. The second kappa shape index (κ2) is 7.03. The third-order valence-electron chi connectivity index (χ3n) is 3.39. The molecule has 0 radical (unpaired) electrons. The molecule has 3 N–H and O–H groups in total. The standard InChI is InChI=1S/C14H22N4O3/c1-9(2)7-10(3)17(4)14(19)12-8-11(18(20)21)5-6-13(12)16-15/h5-6,8-10,16H,7,15H2,1-4H3. The summed E-state index contributed by atoms with van der Waals surface area (Å²) in [7, 11) is 1.69. The maximum atomic E-state index is 12.5. The number of non-ortho nitro benzene ring substituents is 1. The van der Waals surface area contributed by atoms with Crippen molar-refractivity contribution in [3.8, 4) is 0 Å². The van der Waals surface area contributed by atoms with E-state index in [1.165, 1.54) is 18.2 Å². The number of nitro benzene ring substituents is 1. The van der Waals surface area contributed by atoms with Gasteiger partial charge in [0, 0.05) is 25.2 Å². The van der Waals surface area contributed by atoms with Crippen molar-refractivity contribution in [2.24, 2.45) is 11.8 Å². The van der Waals surface area contributed by atoms with Gasteiger partial charge in [-0.1, -0.05) is 13.8 Å². The Morgan fingerprint density at radius 3 is 2.52 bits per heavy atom. The van der Waals surface area contributed by atoms with E-state index >= 15 is 0 Å². The predicted molar refractivity (Wildman–Crippen MR) is 81.9 cm³/mol. The molecule has 21 heavy (non-hydrogen) atoms. The molecule has 7 nitrogen and oxygen atoms in total. The number of amides is 1. The lowest BCUT2D eigenvalue weighted by Gasteiger charge is -2.27. The molecule has 0 bridgehead atoms. The van der Waals surface area contributed by atoms with E-state index in [0.29, 0.717) is 11.6 Å². The summed E-state index contributed by atoms with van der Waals surface area (Å²) < 4.78 is 0. The topological polar surface area (TPSA) is 102 Å². The molecule has 1 aromatic rings. The minimum absolute atomic E-state index is 0.0300. The first-order valence-corrected chi connectivity index (χ1v) is 6.80. The highest BCUT2D eigenvalue weighted by atomic mass is 16.6. The lowest BCUT2D eigenvalue weighted by Crippen LogP contribution is -2.36. The highest BCUT2D eigenvalue weighted by Crippen LogP contribution is 2.24. The van der Waals surface area contributed by atoms with Crippen LogP contribution < -0.4 is 11.3 Å². The molecule has 0 aliphatic rings. The lowest BCUT2D eigenvalue weighted by molar-refractivity contribution is -0.384. The van der Waals surface area contributed by atoms with Crippen molar-refractivity contribution in [1.82, 2.24) is 4.90 Å². The van der Waals surface area contributed by atoms with E-state index in [1.54, 1.807) is 11.9 Å². The molecule has 0 saturated heterocycles. The monoisotopic (exact) mass is 294 g/mol. The Kier molecular flexibility index (Phi) is 5.66. The number of nitrogens with zero attached hydrogens (tertiary/aromatic N) is 2. The van der Waals surface area contributed by atoms with Crippen LogP contribution in [-0.4, -0.2) is 28.8 Å². The first kappa shape index (κ1) is 16.9. The second-order valence-corrected chi connectivity index (χ2v) is 5.53. The number of nitrogens with two attached hydrogens (primary N) is 1. The minimum Gasteiger partial charge on any atom is -0.339 e. The Labute approximate surface area is 124 Å². The second-order valence-electron chi connectivity index (χ2n) is 5.53. The van der Waals surface area contributed by atoms with Gasteiger partial charge >= 0.3 is 0 Å². The van der Waals surface area contributed by atoms with Crippen LogP contribution in [0, 0.1) is 16.0 Å². The first-order valence-electron chi connectivity index (χ1n) is 6.80. The summed E-state index contributed by atoms with van der Waals surface area (Å²) in [6.45, 7) is 6.11. The van der Waals surface area contributed by atoms with Crippen LogP contribution in [0.25, 0.3) is 0 Å². The van der Waals surface area contributed by atoms with E-state index < -0.39 is 4.92 Å². The summed E-state index contributed by atoms with van der Waals surface area (Å²) in [4.78, 5) is 24.4. The van der Waals surface area contributed by atoms with Crippen molar-refractivity contribution >= 4 is 17.3 Å². The van der Waals surface area contributed by atoms with Gasteiger partial charge in [0.05, 0.1) is 16.2 Å². The molecule has 0 heterocycles. The van der Waals surface area contributed by atoms with Gasteiger partial charge in [-0.3, -0.25) is 20.8 Å². The summed E-state index contributed by atoms with van der Waals surface area (Å²) in [5.41, 5.74) is 2.84. The van der Waals surface area contributed by atoms with Crippen molar-refractivity contribution in [2.75, 3.05) is 12.5 Å². The average molecular weight is 294 g/mol. The number of rotatable bonds is 6. The Morgan fingerprint density at radius 2 is 2.05 bits per heavy atom. The summed E-state index contributed by atoms with van der Waals surface area (Å²) in [5.74, 6) is 5.54. The SMILES string of the molecule is CC(C)CC(C)N(C)C(=O)c1cc([N+](=O)[O-])ccc1NN. The molecule has 1 amide bonds. The normalized spacial score (nSPS) is 12.1. The Bertz CT molecular complexity index is 531. The van der Waals surface area contributed by atoms with Gasteiger partial charge in [-0.05, 0) is 25.3 Å². The van der Waals surface area contributed by atoms with E-state index in [-0.39, 0.29) is 23.2 Å². The van der Waals surface area contributed by atoms with Crippen LogP contribution in [0.2, 0.25) is 0 Å². The van der Waals surface area contributed by atoms with E-state index in [9.17, 15) is 14.9 Å². The largest absolute Gasteiger partial charge is 0.339 e. The molecule has 1 unspecified atom stereocenters. The predicted octanol–water partition coefficient (Wildman–Crippen LogP) is 2.39. The van der Waals surface area contributed by atoms with Crippen molar-refractivity contribution in [1.29, 1.82) is 0 Å². The van der Waals surface area contributed by atoms with Crippen LogP contribution in [0.5, 0.6) is 0 Å². The van der Waals surface area contributed by atoms with Gasteiger partial charge in [-0.2, -0.15) is 0 Å². The maximum absolute atomic E-state index is 12.5. The molecule has 0 aliphatic carbocycles. The number of nitrogen functional groups attached to an aromatic ring is 1. The number of anilines is 1.